The summed E-state index contributed by atoms with van der Waals surface area (Å²) in [6.07, 6.45) is -4.15. The number of para-hydroxylation sites is 1. The number of methoxy groups -OCH3 is 1. The van der Waals surface area contributed by atoms with Gasteiger partial charge in [-0.2, -0.15) is 0 Å². The highest BCUT2D eigenvalue weighted by Crippen LogP contribution is 2.31. The maximum atomic E-state index is 15.8. The minimum absolute atomic E-state index is 0.00876. The third-order valence-electron chi connectivity index (χ3n) is 8.47. The predicted molar refractivity (Wildman–Crippen MR) is 184 cm³/mol. The fourth-order valence-electron chi connectivity index (χ4n) is 5.84. The van der Waals surface area contributed by atoms with Crippen LogP contribution in [0.3, 0.4) is 0 Å². The minimum atomic E-state index is -1.52. The van der Waals surface area contributed by atoms with E-state index in [1.807, 2.05) is 60.7 Å². The number of ether oxygens (including phenoxy) is 3. The molecule has 10 nitrogen and oxygen atoms in total. The molecule has 12 heteroatoms. The smallest absolute Gasteiger partial charge is 0.420 e. The summed E-state index contributed by atoms with van der Waals surface area (Å²) in [5.41, 5.74) is 9.51. The van der Waals surface area contributed by atoms with E-state index in [1.54, 1.807) is 36.4 Å². The molecule has 1 aliphatic rings. The first-order valence-corrected chi connectivity index (χ1v) is 16.2. The van der Waals surface area contributed by atoms with Crippen molar-refractivity contribution >= 4 is 23.8 Å². The van der Waals surface area contributed by atoms with Crippen molar-refractivity contribution < 1.29 is 37.4 Å². The molecule has 50 heavy (non-hydrogen) atoms. The maximum absolute atomic E-state index is 15.8. The Morgan fingerprint density at radius 3 is 2.16 bits per heavy atom. The van der Waals surface area contributed by atoms with E-state index in [1.165, 1.54) is 12.1 Å². The second kappa shape index (κ2) is 17.5. The van der Waals surface area contributed by atoms with Crippen molar-refractivity contribution in [2.45, 2.75) is 43.2 Å². The first-order chi connectivity index (χ1) is 24.2. The Bertz CT molecular complexity index is 1670. The van der Waals surface area contributed by atoms with Crippen LogP contribution in [0.15, 0.2) is 109 Å². The monoisotopic (exact) mass is 686 g/mol. The van der Waals surface area contributed by atoms with Gasteiger partial charge in [0, 0.05) is 25.4 Å². The average Bonchev–Trinajstić information content (AvgIpc) is 3.15. The van der Waals surface area contributed by atoms with Crippen LogP contribution in [0.5, 0.6) is 0 Å². The first-order valence-electron chi connectivity index (χ1n) is 16.2. The van der Waals surface area contributed by atoms with E-state index in [9.17, 15) is 18.8 Å². The van der Waals surface area contributed by atoms with Crippen LogP contribution in [0.1, 0.15) is 28.2 Å². The van der Waals surface area contributed by atoms with Crippen molar-refractivity contribution in [3.63, 3.8) is 0 Å². The Labute approximate surface area is 289 Å². The van der Waals surface area contributed by atoms with Gasteiger partial charge >= 0.3 is 12.2 Å². The molecule has 1 unspecified atom stereocenters. The number of amides is 3. The number of anilines is 1. The standard InChI is InChI=1S/C38H40F2N4O6/c1-48-38(47)44(36(45)35(41)34(26-10-4-2-5-11-26)27-12-6-3-7-13-27)32-15-9-8-14-28(32)20-31(40)33-22-42-30(23-49-33)24-50-37(46)43-21-25-16-18-29(39)19-17-25/h2-19,30-31,33-35,42H,20-24,41H2,1H3,(H,43,46)/t30-,31?,33-,35-/m0/s1. The van der Waals surface area contributed by atoms with Gasteiger partial charge in [-0.25, -0.2) is 23.3 Å². The lowest BCUT2D eigenvalue weighted by Gasteiger charge is -2.32. The number of nitrogens with two attached hydrogens (primary N) is 1. The summed E-state index contributed by atoms with van der Waals surface area (Å²) in [5.74, 6) is -1.66. The number of nitrogens with one attached hydrogen (secondary N) is 2. The zero-order valence-corrected chi connectivity index (χ0v) is 27.5. The molecular weight excluding hydrogens is 646 g/mol. The number of nitrogens with zero attached hydrogens (tertiary/aromatic N) is 1. The predicted octanol–water partition coefficient (Wildman–Crippen LogP) is 5.25. The summed E-state index contributed by atoms with van der Waals surface area (Å²) in [6.45, 7) is 0.381. The van der Waals surface area contributed by atoms with Crippen molar-refractivity contribution in [3.8, 4) is 0 Å². The van der Waals surface area contributed by atoms with Crippen LogP contribution < -0.4 is 21.3 Å². The van der Waals surface area contributed by atoms with E-state index in [-0.39, 0.29) is 50.3 Å². The normalized spacial score (nSPS) is 17.0. The molecule has 1 heterocycles. The van der Waals surface area contributed by atoms with Crippen molar-refractivity contribution in [1.82, 2.24) is 10.6 Å². The van der Waals surface area contributed by atoms with Crippen LogP contribution in [-0.2, 0) is 32.0 Å². The van der Waals surface area contributed by atoms with Gasteiger partial charge < -0.3 is 30.6 Å². The van der Waals surface area contributed by atoms with Gasteiger partial charge in [0.05, 0.1) is 31.5 Å². The van der Waals surface area contributed by atoms with Gasteiger partial charge in [-0.3, -0.25) is 4.79 Å². The summed E-state index contributed by atoms with van der Waals surface area (Å²) >= 11 is 0. The largest absolute Gasteiger partial charge is 0.452 e. The van der Waals surface area contributed by atoms with Crippen LogP contribution in [-0.4, -0.2) is 69.3 Å². The van der Waals surface area contributed by atoms with Crippen LogP contribution in [0, 0.1) is 5.82 Å². The van der Waals surface area contributed by atoms with Gasteiger partial charge in [-0.05, 0) is 40.5 Å². The summed E-state index contributed by atoms with van der Waals surface area (Å²) < 4.78 is 45.0. The van der Waals surface area contributed by atoms with E-state index in [2.05, 4.69) is 10.6 Å². The number of morpholine rings is 1. The molecule has 0 bridgehead atoms. The van der Waals surface area contributed by atoms with Gasteiger partial charge in [0.15, 0.2) is 0 Å². The van der Waals surface area contributed by atoms with Crippen molar-refractivity contribution in [2.24, 2.45) is 5.73 Å². The third-order valence-corrected chi connectivity index (χ3v) is 8.47. The Morgan fingerprint density at radius 1 is 0.940 bits per heavy atom. The summed E-state index contributed by atoms with van der Waals surface area (Å²) in [6, 6.07) is 29.3. The second-order valence-electron chi connectivity index (χ2n) is 11.9. The van der Waals surface area contributed by atoms with Gasteiger partial charge in [0.1, 0.15) is 24.7 Å². The molecule has 1 fully saturated rings. The number of carbonyl (C=O) groups excluding carboxylic acids is 3. The van der Waals surface area contributed by atoms with E-state index in [0.717, 1.165) is 23.1 Å². The Morgan fingerprint density at radius 2 is 1.56 bits per heavy atom. The molecule has 262 valence electrons. The lowest BCUT2D eigenvalue weighted by molar-refractivity contribution is -0.119. The van der Waals surface area contributed by atoms with Crippen LogP contribution in [0.2, 0.25) is 0 Å². The SMILES string of the molecule is COC(=O)N(C(=O)[C@@H](N)C(c1ccccc1)c1ccccc1)c1ccccc1CC(F)[C@@H]1CN[C@H](COC(=O)NCc2ccc(F)cc2)CO1. The van der Waals surface area contributed by atoms with Crippen molar-refractivity contribution in [3.05, 3.63) is 137 Å². The maximum Gasteiger partial charge on any atom is 0.420 e. The highest BCUT2D eigenvalue weighted by Gasteiger charge is 2.37. The summed E-state index contributed by atoms with van der Waals surface area (Å²) in [5, 5.41) is 5.74. The Kier molecular flexibility index (Phi) is 12.6. The lowest BCUT2D eigenvalue weighted by Crippen LogP contribution is -2.52. The number of hydrogen-bond acceptors (Lipinski definition) is 8. The van der Waals surface area contributed by atoms with E-state index in [0.29, 0.717) is 11.1 Å². The Balaban J connectivity index is 1.22. The lowest BCUT2D eigenvalue weighted by atomic mass is 9.84. The molecule has 4 aromatic carbocycles. The summed E-state index contributed by atoms with van der Waals surface area (Å²) in [4.78, 5) is 40.4. The van der Waals surface area contributed by atoms with E-state index < -0.39 is 42.3 Å². The van der Waals surface area contributed by atoms with Crippen molar-refractivity contribution in [2.75, 3.05) is 31.8 Å². The second-order valence-corrected chi connectivity index (χ2v) is 11.9. The number of halogens is 2. The Hall–Kier alpha value is -5.17. The highest BCUT2D eigenvalue weighted by atomic mass is 19.1. The fourth-order valence-corrected chi connectivity index (χ4v) is 5.84. The van der Waals surface area contributed by atoms with E-state index in [4.69, 9.17) is 19.9 Å². The first kappa shape index (κ1) is 36.1. The average molecular weight is 687 g/mol. The molecule has 4 N–H and O–H groups in total. The van der Waals surface area contributed by atoms with Crippen LogP contribution in [0.4, 0.5) is 24.1 Å². The van der Waals surface area contributed by atoms with Crippen molar-refractivity contribution in [1.29, 1.82) is 0 Å². The topological polar surface area (TPSA) is 132 Å². The number of alkyl carbamates (subject to hydrolysis) is 1. The molecule has 0 saturated carbocycles. The quantitative estimate of drug-likeness (QED) is 0.184. The molecule has 4 atom stereocenters. The van der Waals surface area contributed by atoms with E-state index >= 15 is 4.39 Å². The van der Waals surface area contributed by atoms with Gasteiger partial charge in [0.2, 0.25) is 0 Å². The molecule has 0 aromatic heterocycles. The zero-order valence-electron chi connectivity index (χ0n) is 27.5. The molecule has 0 aliphatic carbocycles. The number of carbonyl (C=O) groups is 3. The minimum Gasteiger partial charge on any atom is -0.452 e. The molecule has 5 rings (SSSR count). The molecule has 3 amide bonds. The van der Waals surface area contributed by atoms with Gasteiger partial charge in [0.25, 0.3) is 5.91 Å². The summed E-state index contributed by atoms with van der Waals surface area (Å²) in [7, 11) is 1.16. The molecule has 0 radical (unpaired) electrons. The number of hydrogen-bond donors (Lipinski definition) is 3. The molecule has 4 aromatic rings. The molecular formula is C38H40F2N4O6. The fraction of sp³-hybridized carbons (Fsp3) is 0.289. The molecule has 1 saturated heterocycles. The van der Waals surface area contributed by atoms with Crippen LogP contribution in [0.25, 0.3) is 0 Å². The molecule has 0 spiro atoms. The van der Waals surface area contributed by atoms with Gasteiger partial charge in [-0.1, -0.05) is 91.0 Å². The number of imide groups is 1. The van der Waals surface area contributed by atoms with Crippen LogP contribution >= 0.6 is 0 Å². The number of alkyl halides is 1. The number of rotatable bonds is 12. The zero-order chi connectivity index (χ0) is 35.5. The van der Waals surface area contributed by atoms with Gasteiger partial charge in [-0.15, -0.1) is 0 Å². The third kappa shape index (κ3) is 9.29. The highest BCUT2D eigenvalue weighted by molar-refractivity contribution is 6.15. The number of benzene rings is 4. The molecule has 1 aliphatic heterocycles.